The zero-order valence-corrected chi connectivity index (χ0v) is 15.2. The number of nitrogens with two attached hydrogens (primary N) is 1. The molecule has 0 radical (unpaired) electrons. The van der Waals surface area contributed by atoms with Crippen LogP contribution in [0.4, 0.5) is 4.39 Å². The number of aromatic nitrogens is 2. The first-order chi connectivity index (χ1) is 12.5. The molecule has 3 aromatic rings. The summed E-state index contributed by atoms with van der Waals surface area (Å²) in [4.78, 5) is 29.7. The average molecular weight is 375 g/mol. The normalized spacial score (nSPS) is 11.0. The second-order valence-electron chi connectivity index (χ2n) is 5.80. The molecule has 0 saturated carbocycles. The molecule has 2 N–H and O–H groups in total. The Morgan fingerprint density at radius 2 is 2.04 bits per heavy atom. The molecule has 0 spiro atoms. The van der Waals surface area contributed by atoms with Gasteiger partial charge in [0.25, 0.3) is 11.5 Å². The molecule has 0 aliphatic rings. The maximum atomic E-state index is 13.0. The number of carbonyl (C=O) groups excluding carboxylic acids is 1. The summed E-state index contributed by atoms with van der Waals surface area (Å²) in [6.45, 7) is 0.883. The molecule has 2 heterocycles. The van der Waals surface area contributed by atoms with Crippen molar-refractivity contribution in [2.75, 3.05) is 13.8 Å². The molecular weight excluding hydrogens is 357 g/mol. The summed E-state index contributed by atoms with van der Waals surface area (Å²) >= 11 is 1.09. The molecule has 0 saturated heterocycles. The van der Waals surface area contributed by atoms with Crippen molar-refractivity contribution in [3.63, 3.8) is 0 Å². The molecule has 136 valence electrons. The van der Waals surface area contributed by atoms with E-state index in [0.29, 0.717) is 32.9 Å². The number of amides is 1. The third-order valence-corrected chi connectivity index (χ3v) is 5.38. The molecule has 2 aromatic heterocycles. The lowest BCUT2D eigenvalue weighted by Crippen LogP contribution is -2.26. The van der Waals surface area contributed by atoms with E-state index in [1.165, 1.54) is 4.57 Å². The molecule has 0 unspecified atom stereocenters. The number of carbonyl (C=O) groups is 1. The monoisotopic (exact) mass is 375 g/mol. The number of hydrogen-bond acceptors (Lipinski definition) is 5. The number of alkyl halides is 1. The molecule has 0 aliphatic carbocycles. The molecule has 1 amide bonds. The Bertz CT molecular complexity index is 1020. The zero-order chi connectivity index (χ0) is 18.8. The fraction of sp³-hybridized carbons (Fsp3) is 0.278. The van der Waals surface area contributed by atoms with Gasteiger partial charge in [0.2, 0.25) is 0 Å². The smallest absolute Gasteiger partial charge is 0.262 e. The number of benzene rings is 1. The Kier molecular flexibility index (Phi) is 5.03. The van der Waals surface area contributed by atoms with Gasteiger partial charge >= 0.3 is 0 Å². The average Bonchev–Trinajstić information content (AvgIpc) is 2.96. The number of methoxy groups -OCH3 is 1. The fourth-order valence-electron chi connectivity index (χ4n) is 2.87. The summed E-state index contributed by atoms with van der Waals surface area (Å²) in [5, 5.41) is 0.329. The van der Waals surface area contributed by atoms with Gasteiger partial charge in [-0.15, -0.1) is 11.3 Å². The molecule has 3 rings (SSSR count). The molecule has 0 bridgehead atoms. The van der Waals surface area contributed by atoms with Crippen LogP contribution >= 0.6 is 11.3 Å². The van der Waals surface area contributed by atoms with E-state index in [4.69, 9.17) is 10.5 Å². The van der Waals surface area contributed by atoms with Gasteiger partial charge in [-0.1, -0.05) is 12.1 Å². The topological polar surface area (TPSA) is 87.2 Å². The van der Waals surface area contributed by atoms with E-state index in [0.717, 1.165) is 22.6 Å². The van der Waals surface area contributed by atoms with E-state index in [1.54, 1.807) is 14.0 Å². The molecule has 1 aromatic carbocycles. The van der Waals surface area contributed by atoms with Crippen molar-refractivity contribution >= 4 is 27.5 Å². The van der Waals surface area contributed by atoms with Gasteiger partial charge in [-0.3, -0.25) is 14.2 Å². The van der Waals surface area contributed by atoms with Crippen molar-refractivity contribution in [3.05, 3.63) is 56.4 Å². The number of thiophene rings is 1. The van der Waals surface area contributed by atoms with Crippen LogP contribution in [0.25, 0.3) is 10.2 Å². The second kappa shape index (κ2) is 7.25. The predicted molar refractivity (Wildman–Crippen MR) is 98.9 cm³/mol. The van der Waals surface area contributed by atoms with E-state index in [-0.39, 0.29) is 12.1 Å². The second-order valence-corrected chi connectivity index (χ2v) is 6.80. The van der Waals surface area contributed by atoms with E-state index in [1.807, 2.05) is 24.3 Å². The molecule has 0 aliphatic heterocycles. The first kappa shape index (κ1) is 18.1. The van der Waals surface area contributed by atoms with E-state index in [9.17, 15) is 14.0 Å². The zero-order valence-electron chi connectivity index (χ0n) is 14.4. The third-order valence-electron chi connectivity index (χ3n) is 4.18. The molecule has 26 heavy (non-hydrogen) atoms. The lowest BCUT2D eigenvalue weighted by atomic mass is 10.1. The summed E-state index contributed by atoms with van der Waals surface area (Å²) in [6, 6.07) is 7.35. The van der Waals surface area contributed by atoms with Crippen LogP contribution in [0, 0.1) is 6.92 Å². The van der Waals surface area contributed by atoms with Crippen LogP contribution in [-0.4, -0.2) is 29.2 Å². The Balaban J connectivity index is 2.15. The summed E-state index contributed by atoms with van der Waals surface area (Å²) < 4.78 is 19.5. The van der Waals surface area contributed by atoms with Crippen LogP contribution in [0.1, 0.15) is 26.6 Å². The van der Waals surface area contributed by atoms with Crippen LogP contribution < -0.4 is 16.0 Å². The van der Waals surface area contributed by atoms with E-state index in [2.05, 4.69) is 4.98 Å². The maximum absolute atomic E-state index is 13.0. The van der Waals surface area contributed by atoms with Crippen molar-refractivity contribution in [2.45, 2.75) is 19.9 Å². The van der Waals surface area contributed by atoms with E-state index >= 15 is 0 Å². The van der Waals surface area contributed by atoms with Gasteiger partial charge in [0, 0.05) is 6.42 Å². The first-order valence-corrected chi connectivity index (χ1v) is 8.79. The van der Waals surface area contributed by atoms with Crippen molar-refractivity contribution < 1.29 is 13.9 Å². The number of nitrogens with zero attached hydrogens (tertiary/aromatic N) is 2. The number of fused-ring (bicyclic) bond motifs is 1. The predicted octanol–water partition coefficient (Wildman–Crippen LogP) is 2.43. The van der Waals surface area contributed by atoms with Crippen molar-refractivity contribution in [3.8, 4) is 5.75 Å². The Hall–Kier alpha value is -2.74. The largest absolute Gasteiger partial charge is 0.497 e. The van der Waals surface area contributed by atoms with Gasteiger partial charge in [0.15, 0.2) is 0 Å². The highest BCUT2D eigenvalue weighted by Crippen LogP contribution is 2.27. The van der Waals surface area contributed by atoms with Gasteiger partial charge in [-0.05, 0) is 30.2 Å². The SMILES string of the molecule is COc1ccc(Cc2nc3sc(C(N)=O)c(C)c3c(=O)n2CCF)cc1. The van der Waals surface area contributed by atoms with Gasteiger partial charge in [0.05, 0.1) is 23.9 Å². The standard InChI is InChI=1S/C18H18FN3O3S/c1-10-14-17(26-15(10)16(20)23)21-13(22(8-7-19)18(14)24)9-11-3-5-12(25-2)6-4-11/h3-6H,7-9H2,1-2H3,(H2,20,23). The van der Waals surface area contributed by atoms with Crippen LogP contribution in [0.15, 0.2) is 29.1 Å². The number of ether oxygens (including phenoxy) is 1. The molecule has 0 fully saturated rings. The Morgan fingerprint density at radius 1 is 1.35 bits per heavy atom. The summed E-state index contributed by atoms with van der Waals surface area (Å²) in [7, 11) is 1.58. The third kappa shape index (κ3) is 3.20. The summed E-state index contributed by atoms with van der Waals surface area (Å²) in [5.74, 6) is 0.569. The Morgan fingerprint density at radius 3 is 2.62 bits per heavy atom. The minimum Gasteiger partial charge on any atom is -0.497 e. The number of hydrogen-bond donors (Lipinski definition) is 1. The lowest BCUT2D eigenvalue weighted by Gasteiger charge is -2.11. The van der Waals surface area contributed by atoms with Crippen LogP contribution in [0.3, 0.4) is 0 Å². The highest BCUT2D eigenvalue weighted by atomic mass is 32.1. The number of primary amides is 1. The molecular formula is C18H18FN3O3S. The number of rotatable bonds is 6. The number of halogens is 1. The number of aryl methyl sites for hydroxylation is 1. The summed E-state index contributed by atoms with van der Waals surface area (Å²) in [6.07, 6.45) is 0.359. The van der Waals surface area contributed by atoms with Crippen molar-refractivity contribution in [1.29, 1.82) is 0 Å². The molecule has 8 heteroatoms. The minimum absolute atomic E-state index is 0.0888. The van der Waals surface area contributed by atoms with Crippen LogP contribution in [0.5, 0.6) is 5.75 Å². The highest BCUT2D eigenvalue weighted by molar-refractivity contribution is 7.20. The summed E-state index contributed by atoms with van der Waals surface area (Å²) in [5.41, 5.74) is 6.44. The molecule has 0 atom stereocenters. The highest BCUT2D eigenvalue weighted by Gasteiger charge is 2.20. The van der Waals surface area contributed by atoms with Crippen LogP contribution in [-0.2, 0) is 13.0 Å². The van der Waals surface area contributed by atoms with E-state index < -0.39 is 12.6 Å². The quantitative estimate of drug-likeness (QED) is 0.717. The van der Waals surface area contributed by atoms with Crippen molar-refractivity contribution in [2.24, 2.45) is 5.73 Å². The van der Waals surface area contributed by atoms with Gasteiger partial charge in [-0.2, -0.15) is 0 Å². The molecule has 6 nitrogen and oxygen atoms in total. The van der Waals surface area contributed by atoms with Crippen LogP contribution in [0.2, 0.25) is 0 Å². The van der Waals surface area contributed by atoms with Gasteiger partial charge in [0.1, 0.15) is 23.1 Å². The fourth-order valence-corrected chi connectivity index (χ4v) is 3.91. The Labute approximate surface area is 153 Å². The van der Waals surface area contributed by atoms with Gasteiger partial charge < -0.3 is 10.5 Å². The van der Waals surface area contributed by atoms with Gasteiger partial charge in [-0.25, -0.2) is 9.37 Å². The maximum Gasteiger partial charge on any atom is 0.262 e. The first-order valence-electron chi connectivity index (χ1n) is 7.97. The lowest BCUT2D eigenvalue weighted by molar-refractivity contribution is 0.100. The minimum atomic E-state index is -0.686. The van der Waals surface area contributed by atoms with Crippen molar-refractivity contribution in [1.82, 2.24) is 9.55 Å².